The van der Waals surface area contributed by atoms with Crippen molar-refractivity contribution in [3.63, 3.8) is 0 Å². The fourth-order valence-electron chi connectivity index (χ4n) is 3.31. The second kappa shape index (κ2) is 7.30. The van der Waals surface area contributed by atoms with Crippen LogP contribution in [0.4, 0.5) is 0 Å². The van der Waals surface area contributed by atoms with Gasteiger partial charge >= 0.3 is 0 Å². The molecule has 0 aliphatic rings. The van der Waals surface area contributed by atoms with Gasteiger partial charge in [0.25, 0.3) is 0 Å². The molecule has 3 rings (SSSR count). The molecule has 6 nitrogen and oxygen atoms in total. The molecular weight excluding hydrogens is 384 g/mol. The second-order valence-electron chi connectivity index (χ2n) is 8.05. The van der Waals surface area contributed by atoms with Gasteiger partial charge in [-0.15, -0.1) is 6.58 Å². The third kappa shape index (κ3) is 3.41. The number of rotatable bonds is 4. The Morgan fingerprint density at radius 3 is 2.30 bits per heavy atom. The summed E-state index contributed by atoms with van der Waals surface area (Å²) >= 11 is 0. The van der Waals surface area contributed by atoms with Crippen molar-refractivity contribution in [1.29, 1.82) is 0 Å². The average molecular weight is 408 g/mol. The quantitative estimate of drug-likeness (QED) is 0.443. The molecule has 3 aromatic rings. The summed E-state index contributed by atoms with van der Waals surface area (Å²) in [5.74, 6) is -1.06. The van der Waals surface area contributed by atoms with E-state index < -0.39 is 10.8 Å². The topological polar surface area (TPSA) is 111 Å². The van der Waals surface area contributed by atoms with E-state index in [2.05, 4.69) is 6.58 Å². The van der Waals surface area contributed by atoms with Crippen molar-refractivity contribution in [3.05, 3.63) is 64.0 Å². The zero-order chi connectivity index (χ0) is 22.4. The van der Waals surface area contributed by atoms with Gasteiger partial charge in [0.2, 0.25) is 5.43 Å². The molecule has 156 valence electrons. The molecule has 0 fully saturated rings. The van der Waals surface area contributed by atoms with Crippen LogP contribution in [-0.4, -0.2) is 20.4 Å². The highest BCUT2D eigenvalue weighted by molar-refractivity contribution is 5.89. The van der Waals surface area contributed by atoms with Gasteiger partial charge in [-0.1, -0.05) is 25.5 Å². The van der Waals surface area contributed by atoms with Crippen LogP contribution in [0.3, 0.4) is 0 Å². The first kappa shape index (κ1) is 21.0. The lowest BCUT2D eigenvalue weighted by Crippen LogP contribution is -2.15. The summed E-state index contributed by atoms with van der Waals surface area (Å²) in [4.78, 5) is 13.1. The monoisotopic (exact) mass is 408 g/mol. The summed E-state index contributed by atoms with van der Waals surface area (Å²) in [6.07, 6.45) is 4.43. The molecule has 0 saturated heterocycles. The van der Waals surface area contributed by atoms with Gasteiger partial charge in [-0.05, 0) is 32.1 Å². The summed E-state index contributed by atoms with van der Waals surface area (Å²) < 4.78 is 5.45. The van der Waals surface area contributed by atoms with Crippen molar-refractivity contribution in [2.75, 3.05) is 0 Å². The fraction of sp³-hybridized carbons (Fsp3) is 0.208. The number of benzene rings is 2. The molecule has 0 radical (unpaired) electrons. The van der Waals surface area contributed by atoms with Gasteiger partial charge < -0.3 is 24.8 Å². The molecule has 4 N–H and O–H groups in total. The van der Waals surface area contributed by atoms with E-state index in [4.69, 9.17) is 4.42 Å². The fourth-order valence-corrected chi connectivity index (χ4v) is 3.31. The highest BCUT2D eigenvalue weighted by Gasteiger charge is 2.27. The van der Waals surface area contributed by atoms with Gasteiger partial charge in [-0.25, -0.2) is 0 Å². The SMILES string of the molecule is C=CC(C)(C)c1cc(-c2coc3c(O)cc(O)cc3c2=O)c(O)c(C=C(C)C)c1O. The van der Waals surface area contributed by atoms with Crippen LogP contribution in [0.25, 0.3) is 28.2 Å². The van der Waals surface area contributed by atoms with Crippen LogP contribution in [0.5, 0.6) is 23.0 Å². The Morgan fingerprint density at radius 2 is 1.70 bits per heavy atom. The Balaban J connectivity index is 2.46. The zero-order valence-corrected chi connectivity index (χ0v) is 17.3. The highest BCUT2D eigenvalue weighted by Crippen LogP contribution is 2.45. The van der Waals surface area contributed by atoms with Crippen LogP contribution in [-0.2, 0) is 5.41 Å². The van der Waals surface area contributed by atoms with Crippen molar-refractivity contribution in [1.82, 2.24) is 0 Å². The number of fused-ring (bicyclic) bond motifs is 1. The predicted molar refractivity (Wildman–Crippen MR) is 117 cm³/mol. The highest BCUT2D eigenvalue weighted by atomic mass is 16.3. The maximum absolute atomic E-state index is 13.1. The predicted octanol–water partition coefficient (Wildman–Crippen LogP) is 5.17. The lowest BCUT2D eigenvalue weighted by Gasteiger charge is -2.24. The summed E-state index contributed by atoms with van der Waals surface area (Å²) in [5, 5.41) is 41.5. The first-order chi connectivity index (χ1) is 14.0. The molecule has 2 aromatic carbocycles. The summed E-state index contributed by atoms with van der Waals surface area (Å²) in [7, 11) is 0. The van der Waals surface area contributed by atoms with Crippen LogP contribution in [0, 0.1) is 0 Å². The molecule has 6 heteroatoms. The van der Waals surface area contributed by atoms with Crippen LogP contribution < -0.4 is 5.43 Å². The van der Waals surface area contributed by atoms with Crippen molar-refractivity contribution in [2.45, 2.75) is 33.1 Å². The van der Waals surface area contributed by atoms with E-state index >= 15 is 0 Å². The Labute approximate surface area is 173 Å². The van der Waals surface area contributed by atoms with Gasteiger partial charge in [0.1, 0.15) is 23.5 Å². The Kier molecular flexibility index (Phi) is 5.12. The lowest BCUT2D eigenvalue weighted by molar-refractivity contribution is 0.436. The molecule has 30 heavy (non-hydrogen) atoms. The van der Waals surface area contributed by atoms with Crippen molar-refractivity contribution in [3.8, 4) is 34.1 Å². The summed E-state index contributed by atoms with van der Waals surface area (Å²) in [5.41, 5.74) is 0.375. The normalized spacial score (nSPS) is 11.5. The Morgan fingerprint density at radius 1 is 1.03 bits per heavy atom. The van der Waals surface area contributed by atoms with E-state index in [0.29, 0.717) is 5.56 Å². The molecule has 0 atom stereocenters. The zero-order valence-electron chi connectivity index (χ0n) is 17.3. The Bertz CT molecular complexity index is 1260. The van der Waals surface area contributed by atoms with E-state index in [9.17, 15) is 25.2 Å². The first-order valence-corrected chi connectivity index (χ1v) is 9.33. The lowest BCUT2D eigenvalue weighted by atomic mass is 9.81. The summed E-state index contributed by atoms with van der Waals surface area (Å²) in [6, 6.07) is 3.78. The Hall–Kier alpha value is -3.67. The standard InChI is InChI=1S/C24H24O6/c1-6-24(4,5)18-10-14(20(27)15(22(18)29)7-12(2)3)17-11-30-23-16(21(17)28)8-13(25)9-19(23)26/h6-11,25-27,29H,1H2,2-5H3. The van der Waals surface area contributed by atoms with Crippen LogP contribution in [0.2, 0.25) is 0 Å². The van der Waals surface area contributed by atoms with Crippen LogP contribution in [0.1, 0.15) is 38.8 Å². The van der Waals surface area contributed by atoms with E-state index in [1.54, 1.807) is 12.2 Å². The van der Waals surface area contributed by atoms with E-state index in [-0.39, 0.29) is 50.7 Å². The smallest absolute Gasteiger partial charge is 0.200 e. The van der Waals surface area contributed by atoms with Crippen molar-refractivity contribution >= 4 is 17.0 Å². The molecule has 0 unspecified atom stereocenters. The van der Waals surface area contributed by atoms with Gasteiger partial charge in [0.05, 0.1) is 16.5 Å². The molecule has 0 spiro atoms. The number of hydrogen-bond donors (Lipinski definition) is 4. The molecule has 0 aliphatic heterocycles. The minimum absolute atomic E-state index is 0.0227. The van der Waals surface area contributed by atoms with Gasteiger partial charge in [0, 0.05) is 22.6 Å². The number of allylic oxidation sites excluding steroid dienone is 2. The molecular formula is C24H24O6. The number of phenols is 4. The third-order valence-corrected chi connectivity index (χ3v) is 5.07. The molecule has 0 saturated carbocycles. The van der Waals surface area contributed by atoms with Gasteiger partial charge in [-0.2, -0.15) is 0 Å². The minimum atomic E-state index is -0.662. The van der Waals surface area contributed by atoms with Gasteiger partial charge in [0.15, 0.2) is 11.3 Å². The van der Waals surface area contributed by atoms with Gasteiger partial charge in [-0.3, -0.25) is 4.79 Å². The third-order valence-electron chi connectivity index (χ3n) is 5.07. The second-order valence-corrected chi connectivity index (χ2v) is 8.05. The molecule has 1 aromatic heterocycles. The molecule has 0 aliphatic carbocycles. The average Bonchev–Trinajstić information content (AvgIpc) is 2.66. The number of phenolic OH excluding ortho intramolecular Hbond substituents is 4. The molecule has 1 heterocycles. The first-order valence-electron chi connectivity index (χ1n) is 9.33. The number of aromatic hydroxyl groups is 4. The van der Waals surface area contributed by atoms with E-state index in [1.807, 2.05) is 27.7 Å². The van der Waals surface area contributed by atoms with Crippen LogP contribution in [0.15, 0.2) is 51.9 Å². The molecule has 0 bridgehead atoms. The van der Waals surface area contributed by atoms with E-state index in [1.165, 1.54) is 12.1 Å². The number of hydrogen-bond acceptors (Lipinski definition) is 6. The van der Waals surface area contributed by atoms with Crippen molar-refractivity contribution in [2.24, 2.45) is 0 Å². The molecule has 0 amide bonds. The van der Waals surface area contributed by atoms with Crippen molar-refractivity contribution < 1.29 is 24.8 Å². The largest absolute Gasteiger partial charge is 0.508 e. The minimum Gasteiger partial charge on any atom is -0.508 e. The maximum atomic E-state index is 13.1. The summed E-state index contributed by atoms with van der Waals surface area (Å²) in [6.45, 7) is 11.2. The van der Waals surface area contributed by atoms with Crippen LogP contribution >= 0.6 is 0 Å². The maximum Gasteiger partial charge on any atom is 0.200 e. The van der Waals surface area contributed by atoms with E-state index in [0.717, 1.165) is 17.9 Å².